The number of ether oxygens (including phenoxy) is 1. The lowest BCUT2D eigenvalue weighted by Crippen LogP contribution is -2.40. The second kappa shape index (κ2) is 5.61. The molecule has 3 N–H and O–H groups in total. The van der Waals surface area contributed by atoms with Crippen LogP contribution < -0.4 is 16.0 Å². The van der Waals surface area contributed by atoms with E-state index >= 15 is 0 Å². The summed E-state index contributed by atoms with van der Waals surface area (Å²) in [7, 11) is 0. The molecule has 1 aromatic carbocycles. The lowest BCUT2D eigenvalue weighted by Gasteiger charge is -2.23. The lowest BCUT2D eigenvalue weighted by molar-refractivity contribution is 0.0509. The SMILES string of the molecule is CC(C)(C)OC(=O)NC1CCN(c2ccccc2N)C1. The Morgan fingerprint density at radius 1 is 1.40 bits per heavy atom. The maximum atomic E-state index is 11.7. The highest BCUT2D eigenvalue weighted by Crippen LogP contribution is 2.26. The number of amides is 1. The van der Waals surface area contributed by atoms with Crippen LogP contribution in [-0.2, 0) is 4.74 Å². The minimum absolute atomic E-state index is 0.101. The monoisotopic (exact) mass is 277 g/mol. The van der Waals surface area contributed by atoms with Gasteiger partial charge in [0, 0.05) is 13.1 Å². The Morgan fingerprint density at radius 3 is 2.75 bits per heavy atom. The van der Waals surface area contributed by atoms with E-state index in [1.54, 1.807) is 0 Å². The van der Waals surface area contributed by atoms with Crippen molar-refractivity contribution in [2.75, 3.05) is 23.7 Å². The van der Waals surface area contributed by atoms with Gasteiger partial charge in [-0.1, -0.05) is 12.1 Å². The van der Waals surface area contributed by atoms with Crippen molar-refractivity contribution in [3.05, 3.63) is 24.3 Å². The average molecular weight is 277 g/mol. The Bertz CT molecular complexity index is 482. The normalized spacial score (nSPS) is 18.9. The molecule has 1 heterocycles. The number of rotatable bonds is 2. The molecule has 5 nitrogen and oxygen atoms in total. The minimum atomic E-state index is -0.466. The van der Waals surface area contributed by atoms with E-state index in [0.29, 0.717) is 0 Å². The molecule has 1 aliphatic heterocycles. The number of carbonyl (C=O) groups is 1. The smallest absolute Gasteiger partial charge is 0.407 e. The summed E-state index contributed by atoms with van der Waals surface area (Å²) in [5.74, 6) is 0. The molecule has 1 unspecified atom stereocenters. The molecule has 0 aromatic heterocycles. The van der Waals surface area contributed by atoms with Gasteiger partial charge in [-0.3, -0.25) is 0 Å². The van der Waals surface area contributed by atoms with Gasteiger partial charge in [-0.2, -0.15) is 0 Å². The second-order valence-corrected chi connectivity index (χ2v) is 6.14. The van der Waals surface area contributed by atoms with Crippen molar-refractivity contribution in [2.45, 2.75) is 38.8 Å². The van der Waals surface area contributed by atoms with E-state index in [1.807, 2.05) is 45.0 Å². The van der Waals surface area contributed by atoms with Crippen molar-refractivity contribution in [3.8, 4) is 0 Å². The van der Waals surface area contributed by atoms with Crippen LogP contribution >= 0.6 is 0 Å². The van der Waals surface area contributed by atoms with E-state index in [1.165, 1.54) is 0 Å². The molecule has 1 fully saturated rings. The Labute approximate surface area is 120 Å². The van der Waals surface area contributed by atoms with Gasteiger partial charge >= 0.3 is 6.09 Å². The van der Waals surface area contributed by atoms with Crippen LogP contribution in [0, 0.1) is 0 Å². The van der Waals surface area contributed by atoms with Crippen molar-refractivity contribution in [3.63, 3.8) is 0 Å². The molecule has 1 aliphatic rings. The maximum Gasteiger partial charge on any atom is 0.407 e. The lowest BCUT2D eigenvalue weighted by atomic mass is 10.2. The van der Waals surface area contributed by atoms with E-state index in [9.17, 15) is 4.79 Å². The highest BCUT2D eigenvalue weighted by molar-refractivity contribution is 5.70. The molecule has 0 saturated carbocycles. The van der Waals surface area contributed by atoms with Gasteiger partial charge in [0.25, 0.3) is 0 Å². The summed E-state index contributed by atoms with van der Waals surface area (Å²) in [6.45, 7) is 7.22. The number of hydrogen-bond donors (Lipinski definition) is 2. The fourth-order valence-electron chi connectivity index (χ4n) is 2.35. The van der Waals surface area contributed by atoms with Crippen LogP contribution in [0.25, 0.3) is 0 Å². The molecule has 2 rings (SSSR count). The van der Waals surface area contributed by atoms with Crippen LogP contribution in [0.3, 0.4) is 0 Å². The molecule has 0 spiro atoms. The molecule has 1 amide bonds. The standard InChI is InChI=1S/C15H23N3O2/c1-15(2,3)20-14(19)17-11-8-9-18(10-11)13-7-5-4-6-12(13)16/h4-7,11H,8-10,16H2,1-3H3,(H,17,19). The number of nitrogens with one attached hydrogen (secondary N) is 1. The first-order valence-corrected chi connectivity index (χ1v) is 6.94. The summed E-state index contributed by atoms with van der Waals surface area (Å²) in [4.78, 5) is 13.9. The molecule has 0 radical (unpaired) electrons. The summed E-state index contributed by atoms with van der Waals surface area (Å²) in [5, 5.41) is 2.91. The van der Waals surface area contributed by atoms with E-state index in [4.69, 9.17) is 10.5 Å². The molecule has 1 aromatic rings. The van der Waals surface area contributed by atoms with Gasteiger partial charge in [0.1, 0.15) is 5.60 Å². The number of anilines is 2. The number of carbonyl (C=O) groups excluding carboxylic acids is 1. The zero-order valence-electron chi connectivity index (χ0n) is 12.3. The number of alkyl carbamates (subject to hydrolysis) is 1. The first-order chi connectivity index (χ1) is 9.35. The fourth-order valence-corrected chi connectivity index (χ4v) is 2.35. The van der Waals surface area contributed by atoms with E-state index in [-0.39, 0.29) is 12.1 Å². The molecule has 1 atom stereocenters. The Balaban J connectivity index is 1.90. The predicted molar refractivity (Wildman–Crippen MR) is 80.8 cm³/mol. The van der Waals surface area contributed by atoms with Gasteiger partial charge in [0.15, 0.2) is 0 Å². The first-order valence-electron chi connectivity index (χ1n) is 6.94. The summed E-state index contributed by atoms with van der Waals surface area (Å²) in [6, 6.07) is 7.89. The van der Waals surface area contributed by atoms with Crippen molar-refractivity contribution in [1.29, 1.82) is 0 Å². The average Bonchev–Trinajstić information content (AvgIpc) is 2.75. The van der Waals surface area contributed by atoms with Crippen molar-refractivity contribution in [1.82, 2.24) is 5.32 Å². The van der Waals surface area contributed by atoms with Gasteiger partial charge in [-0.15, -0.1) is 0 Å². The van der Waals surface area contributed by atoms with Gasteiger partial charge < -0.3 is 20.7 Å². The van der Waals surface area contributed by atoms with Crippen LogP contribution in [-0.4, -0.2) is 30.8 Å². The number of hydrogen-bond acceptors (Lipinski definition) is 4. The Hall–Kier alpha value is -1.91. The summed E-state index contributed by atoms with van der Waals surface area (Å²) in [6.07, 6.45) is 0.540. The predicted octanol–water partition coefficient (Wildman–Crippen LogP) is 2.37. The number of nitrogens with zero attached hydrogens (tertiary/aromatic N) is 1. The molecule has 1 saturated heterocycles. The van der Waals surface area contributed by atoms with E-state index in [2.05, 4.69) is 10.2 Å². The first kappa shape index (κ1) is 14.5. The number of nitrogens with two attached hydrogens (primary N) is 1. The summed E-state index contributed by atoms with van der Waals surface area (Å²) >= 11 is 0. The van der Waals surface area contributed by atoms with Crippen LogP contribution in [0.1, 0.15) is 27.2 Å². The number of benzene rings is 1. The topological polar surface area (TPSA) is 67.6 Å². The summed E-state index contributed by atoms with van der Waals surface area (Å²) < 4.78 is 5.27. The zero-order valence-corrected chi connectivity index (χ0v) is 12.3. The molecule has 20 heavy (non-hydrogen) atoms. The zero-order chi connectivity index (χ0) is 14.8. The van der Waals surface area contributed by atoms with Crippen LogP contribution in [0.5, 0.6) is 0 Å². The Kier molecular flexibility index (Phi) is 4.06. The molecule has 0 aliphatic carbocycles. The highest BCUT2D eigenvalue weighted by Gasteiger charge is 2.26. The third-order valence-electron chi connectivity index (χ3n) is 3.19. The van der Waals surface area contributed by atoms with Gasteiger partial charge in [0.2, 0.25) is 0 Å². The van der Waals surface area contributed by atoms with Crippen LogP contribution in [0.15, 0.2) is 24.3 Å². The summed E-state index contributed by atoms with van der Waals surface area (Å²) in [5.41, 5.74) is 7.31. The maximum absolute atomic E-state index is 11.7. The molecular formula is C15H23N3O2. The number of para-hydroxylation sites is 2. The molecular weight excluding hydrogens is 254 g/mol. The van der Waals surface area contributed by atoms with E-state index in [0.717, 1.165) is 30.9 Å². The Morgan fingerprint density at radius 2 is 2.10 bits per heavy atom. The molecule has 0 bridgehead atoms. The quantitative estimate of drug-likeness (QED) is 0.814. The second-order valence-electron chi connectivity index (χ2n) is 6.14. The highest BCUT2D eigenvalue weighted by atomic mass is 16.6. The largest absolute Gasteiger partial charge is 0.444 e. The van der Waals surface area contributed by atoms with Crippen LogP contribution in [0.2, 0.25) is 0 Å². The fraction of sp³-hybridized carbons (Fsp3) is 0.533. The van der Waals surface area contributed by atoms with Gasteiger partial charge in [-0.25, -0.2) is 4.79 Å². The van der Waals surface area contributed by atoms with Gasteiger partial charge in [-0.05, 0) is 39.3 Å². The third kappa shape index (κ3) is 3.79. The van der Waals surface area contributed by atoms with Crippen molar-refractivity contribution < 1.29 is 9.53 Å². The molecule has 110 valence electrons. The van der Waals surface area contributed by atoms with E-state index < -0.39 is 5.60 Å². The molecule has 5 heteroatoms. The van der Waals surface area contributed by atoms with Crippen molar-refractivity contribution >= 4 is 17.5 Å². The van der Waals surface area contributed by atoms with Crippen LogP contribution in [0.4, 0.5) is 16.2 Å². The minimum Gasteiger partial charge on any atom is -0.444 e. The van der Waals surface area contributed by atoms with Gasteiger partial charge in [0.05, 0.1) is 17.4 Å². The number of nitrogen functional groups attached to an aromatic ring is 1. The third-order valence-corrected chi connectivity index (χ3v) is 3.19. The van der Waals surface area contributed by atoms with Crippen molar-refractivity contribution in [2.24, 2.45) is 0 Å².